The molecule has 2 atom stereocenters. The van der Waals surface area contributed by atoms with Gasteiger partial charge in [0.25, 0.3) is 0 Å². The summed E-state index contributed by atoms with van der Waals surface area (Å²) in [5.41, 5.74) is 3.04. The van der Waals surface area contributed by atoms with Gasteiger partial charge in [-0.15, -0.1) is 0 Å². The Hall–Kier alpha value is -1.88. The summed E-state index contributed by atoms with van der Waals surface area (Å²) in [5.74, 6) is -0.413. The van der Waals surface area contributed by atoms with Crippen LogP contribution in [-0.4, -0.2) is 34.5 Å². The zero-order chi connectivity index (χ0) is 18.1. The lowest BCUT2D eigenvalue weighted by atomic mass is 9.80. The second kappa shape index (κ2) is 6.55. The molecule has 0 spiro atoms. The number of likely N-dealkylation sites (tertiary alicyclic amines) is 1. The molecule has 2 unspecified atom stereocenters. The number of benzene rings is 1. The molecule has 1 aliphatic rings. The summed E-state index contributed by atoms with van der Waals surface area (Å²) >= 11 is 0. The van der Waals surface area contributed by atoms with E-state index in [9.17, 15) is 9.59 Å². The van der Waals surface area contributed by atoms with Gasteiger partial charge in [-0.25, -0.2) is 5.48 Å². The van der Waals surface area contributed by atoms with Crippen LogP contribution in [0.5, 0.6) is 0 Å². The van der Waals surface area contributed by atoms with Crippen molar-refractivity contribution in [1.29, 1.82) is 0 Å². The third-order valence-corrected chi connectivity index (χ3v) is 5.15. The van der Waals surface area contributed by atoms with Gasteiger partial charge in [0.2, 0.25) is 11.8 Å². The first-order valence-electron chi connectivity index (χ1n) is 8.41. The van der Waals surface area contributed by atoms with E-state index in [1.165, 1.54) is 0 Å². The van der Waals surface area contributed by atoms with Crippen LogP contribution < -0.4 is 5.48 Å². The average Bonchev–Trinajstić information content (AvgIpc) is 2.81. The van der Waals surface area contributed by atoms with Gasteiger partial charge in [0.1, 0.15) is 0 Å². The standard InChI is InChI=1S/C19H28N2O3/c1-13-6-8-14(9-7-13)19(5)10-11-21(17(19)23)15(18(2,3)4)12-16(22)20-24/h6-9,15,24H,10-12H2,1-5H3,(H,20,22). The van der Waals surface area contributed by atoms with Crippen molar-refractivity contribution in [1.82, 2.24) is 10.4 Å². The maximum Gasteiger partial charge on any atom is 0.245 e. The number of carbonyl (C=O) groups excluding carboxylic acids is 2. The molecule has 5 heteroatoms. The van der Waals surface area contributed by atoms with Crippen LogP contribution in [0.4, 0.5) is 0 Å². The Morgan fingerprint density at radius 2 is 1.92 bits per heavy atom. The first kappa shape index (κ1) is 18.5. The lowest BCUT2D eigenvalue weighted by Gasteiger charge is -2.38. The Morgan fingerprint density at radius 3 is 2.42 bits per heavy atom. The first-order valence-corrected chi connectivity index (χ1v) is 8.41. The minimum Gasteiger partial charge on any atom is -0.338 e. The largest absolute Gasteiger partial charge is 0.338 e. The molecule has 0 radical (unpaired) electrons. The van der Waals surface area contributed by atoms with Crippen molar-refractivity contribution < 1.29 is 14.8 Å². The molecule has 1 aromatic rings. The molecule has 1 heterocycles. The molecule has 1 aromatic carbocycles. The number of hydrogen-bond acceptors (Lipinski definition) is 3. The molecule has 0 aliphatic carbocycles. The van der Waals surface area contributed by atoms with E-state index >= 15 is 0 Å². The number of carbonyl (C=O) groups is 2. The maximum absolute atomic E-state index is 13.2. The maximum atomic E-state index is 13.2. The monoisotopic (exact) mass is 332 g/mol. The van der Waals surface area contributed by atoms with Crippen molar-refractivity contribution in [3.8, 4) is 0 Å². The van der Waals surface area contributed by atoms with Crippen LogP contribution in [0.2, 0.25) is 0 Å². The number of hydrogen-bond donors (Lipinski definition) is 2. The van der Waals surface area contributed by atoms with Crippen molar-refractivity contribution in [3.63, 3.8) is 0 Å². The van der Waals surface area contributed by atoms with E-state index in [4.69, 9.17) is 5.21 Å². The molecule has 0 bridgehead atoms. The van der Waals surface area contributed by atoms with Crippen molar-refractivity contribution in [2.24, 2.45) is 5.41 Å². The summed E-state index contributed by atoms with van der Waals surface area (Å²) in [6.07, 6.45) is 0.817. The topological polar surface area (TPSA) is 69.6 Å². The molecule has 2 rings (SSSR count). The fraction of sp³-hybridized carbons (Fsp3) is 0.579. The second-order valence-electron chi connectivity index (χ2n) is 8.07. The third-order valence-electron chi connectivity index (χ3n) is 5.15. The van der Waals surface area contributed by atoms with Crippen LogP contribution in [0.1, 0.15) is 51.7 Å². The molecular formula is C19H28N2O3. The predicted molar refractivity (Wildman–Crippen MR) is 92.7 cm³/mol. The molecule has 2 amide bonds. The summed E-state index contributed by atoms with van der Waals surface area (Å²) in [6, 6.07) is 7.82. The van der Waals surface area contributed by atoms with E-state index in [0.29, 0.717) is 6.54 Å². The lowest BCUT2D eigenvalue weighted by Crippen LogP contribution is -2.49. The van der Waals surface area contributed by atoms with Crippen LogP contribution >= 0.6 is 0 Å². The van der Waals surface area contributed by atoms with E-state index in [0.717, 1.165) is 17.5 Å². The number of nitrogens with one attached hydrogen (secondary N) is 1. The Bertz CT molecular complexity index is 618. The summed E-state index contributed by atoms with van der Waals surface area (Å²) in [5, 5.41) is 8.86. The minimum absolute atomic E-state index is 0.0528. The molecule has 5 nitrogen and oxygen atoms in total. The van der Waals surface area contributed by atoms with E-state index in [1.807, 2.05) is 63.8 Å². The highest BCUT2D eigenvalue weighted by atomic mass is 16.5. The lowest BCUT2D eigenvalue weighted by molar-refractivity contribution is -0.139. The van der Waals surface area contributed by atoms with E-state index < -0.39 is 11.3 Å². The first-order chi connectivity index (χ1) is 11.1. The molecule has 24 heavy (non-hydrogen) atoms. The highest BCUT2D eigenvalue weighted by molar-refractivity contribution is 5.90. The van der Waals surface area contributed by atoms with Gasteiger partial charge in [-0.3, -0.25) is 14.8 Å². The zero-order valence-corrected chi connectivity index (χ0v) is 15.2. The van der Waals surface area contributed by atoms with Gasteiger partial charge in [-0.1, -0.05) is 50.6 Å². The van der Waals surface area contributed by atoms with Gasteiger partial charge < -0.3 is 4.90 Å². The van der Waals surface area contributed by atoms with Gasteiger partial charge >= 0.3 is 0 Å². The summed E-state index contributed by atoms with van der Waals surface area (Å²) in [7, 11) is 0. The predicted octanol–water partition coefficient (Wildman–Crippen LogP) is 2.80. The van der Waals surface area contributed by atoms with Gasteiger partial charge in [0, 0.05) is 19.0 Å². The summed E-state index contributed by atoms with van der Waals surface area (Å²) < 4.78 is 0. The molecule has 0 aromatic heterocycles. The number of amides is 2. The third kappa shape index (κ3) is 3.46. The van der Waals surface area contributed by atoms with Gasteiger partial charge in [-0.2, -0.15) is 0 Å². The Labute approximate surface area is 144 Å². The average molecular weight is 332 g/mol. The van der Waals surface area contributed by atoms with Gasteiger partial charge in [-0.05, 0) is 31.2 Å². The minimum atomic E-state index is -0.563. The number of aryl methyl sites for hydroxylation is 1. The number of rotatable bonds is 4. The van der Waals surface area contributed by atoms with Crippen molar-refractivity contribution in [2.75, 3.05) is 6.54 Å². The second-order valence-corrected chi connectivity index (χ2v) is 8.07. The normalized spacial score (nSPS) is 22.6. The molecule has 1 saturated heterocycles. The van der Waals surface area contributed by atoms with Crippen LogP contribution in [0.3, 0.4) is 0 Å². The molecule has 132 valence electrons. The van der Waals surface area contributed by atoms with E-state index in [1.54, 1.807) is 5.48 Å². The molecule has 1 fully saturated rings. The molecule has 1 aliphatic heterocycles. The van der Waals surface area contributed by atoms with Crippen LogP contribution in [0, 0.1) is 12.3 Å². The fourth-order valence-electron chi connectivity index (χ4n) is 3.46. The Balaban J connectivity index is 2.30. The van der Waals surface area contributed by atoms with Gasteiger partial charge in [0.15, 0.2) is 0 Å². The van der Waals surface area contributed by atoms with E-state index in [-0.39, 0.29) is 23.8 Å². The summed E-state index contributed by atoms with van der Waals surface area (Å²) in [4.78, 5) is 26.7. The number of hydroxylamine groups is 1. The molecule has 0 saturated carbocycles. The number of nitrogens with zero attached hydrogens (tertiary/aromatic N) is 1. The quantitative estimate of drug-likeness (QED) is 0.658. The van der Waals surface area contributed by atoms with Crippen molar-refractivity contribution in [2.45, 2.75) is 58.9 Å². The van der Waals surface area contributed by atoms with Crippen molar-refractivity contribution in [3.05, 3.63) is 35.4 Å². The SMILES string of the molecule is Cc1ccc(C2(C)CCN(C(CC(=O)NO)C(C)(C)C)C2=O)cc1. The van der Waals surface area contributed by atoms with E-state index in [2.05, 4.69) is 0 Å². The summed E-state index contributed by atoms with van der Waals surface area (Å²) in [6.45, 7) is 10.7. The van der Waals surface area contributed by atoms with Crippen LogP contribution in [-0.2, 0) is 15.0 Å². The fourth-order valence-corrected chi connectivity index (χ4v) is 3.46. The van der Waals surface area contributed by atoms with Gasteiger partial charge in [0.05, 0.1) is 5.41 Å². The Kier molecular flexibility index (Phi) is 5.04. The molecule has 2 N–H and O–H groups in total. The molecular weight excluding hydrogens is 304 g/mol. The Morgan fingerprint density at radius 1 is 1.33 bits per heavy atom. The highest BCUT2D eigenvalue weighted by Gasteiger charge is 2.48. The smallest absolute Gasteiger partial charge is 0.245 e. The highest BCUT2D eigenvalue weighted by Crippen LogP contribution is 2.40. The zero-order valence-electron chi connectivity index (χ0n) is 15.2. The van der Waals surface area contributed by atoms with Crippen LogP contribution in [0.15, 0.2) is 24.3 Å². The van der Waals surface area contributed by atoms with Crippen molar-refractivity contribution >= 4 is 11.8 Å². The van der Waals surface area contributed by atoms with Crippen LogP contribution in [0.25, 0.3) is 0 Å².